The number of nitrogens with two attached hydrogens (primary N) is 1. The lowest BCUT2D eigenvalue weighted by molar-refractivity contribution is 0.521. The topological polar surface area (TPSA) is 38.0 Å². The van der Waals surface area contributed by atoms with E-state index in [1.54, 1.807) is 0 Å². The van der Waals surface area contributed by atoms with Gasteiger partial charge in [-0.1, -0.05) is 43.3 Å². The number of fused-ring (bicyclic) bond motifs is 1. The molecule has 0 radical (unpaired) electrons. The van der Waals surface area contributed by atoms with E-state index in [1.165, 1.54) is 22.4 Å². The summed E-state index contributed by atoms with van der Waals surface area (Å²) in [6.07, 6.45) is 1.10. The lowest BCUT2D eigenvalue weighted by atomic mass is 9.71. The molecule has 0 aromatic heterocycles. The van der Waals surface area contributed by atoms with Crippen LogP contribution in [0.25, 0.3) is 0 Å². The van der Waals surface area contributed by atoms with Crippen LogP contribution in [-0.2, 0) is 5.41 Å². The van der Waals surface area contributed by atoms with E-state index < -0.39 is 0 Å². The third-order valence-electron chi connectivity index (χ3n) is 4.44. The molecule has 2 aromatic carbocycles. The Hall–Kier alpha value is -1.96. The van der Waals surface area contributed by atoms with Gasteiger partial charge in [-0.15, -0.1) is 0 Å². The number of rotatable bonds is 1. The number of hydrogen-bond donors (Lipinski definition) is 2. The molecule has 2 nitrogen and oxygen atoms in total. The molecule has 1 unspecified atom stereocenters. The van der Waals surface area contributed by atoms with Crippen molar-refractivity contribution in [2.75, 3.05) is 17.6 Å². The van der Waals surface area contributed by atoms with Gasteiger partial charge in [-0.2, -0.15) is 0 Å². The highest BCUT2D eigenvalue weighted by molar-refractivity contribution is 5.71. The highest BCUT2D eigenvalue weighted by Crippen LogP contribution is 2.44. The van der Waals surface area contributed by atoms with Gasteiger partial charge in [-0.3, -0.25) is 0 Å². The van der Waals surface area contributed by atoms with Gasteiger partial charge < -0.3 is 11.1 Å². The monoisotopic (exact) mass is 252 g/mol. The molecule has 1 aliphatic rings. The predicted molar refractivity (Wildman–Crippen MR) is 81.6 cm³/mol. The number of hydrogen-bond acceptors (Lipinski definition) is 2. The molecule has 3 rings (SSSR count). The molecule has 1 aliphatic heterocycles. The van der Waals surface area contributed by atoms with Crippen LogP contribution in [-0.4, -0.2) is 6.54 Å². The zero-order valence-electron chi connectivity index (χ0n) is 11.5. The van der Waals surface area contributed by atoms with E-state index in [1.807, 2.05) is 6.07 Å². The van der Waals surface area contributed by atoms with Crippen molar-refractivity contribution in [3.63, 3.8) is 0 Å². The zero-order chi connectivity index (χ0) is 13.5. The number of benzene rings is 2. The van der Waals surface area contributed by atoms with E-state index in [2.05, 4.69) is 55.6 Å². The first-order valence-corrected chi connectivity index (χ1v) is 6.82. The zero-order valence-corrected chi connectivity index (χ0v) is 11.5. The molecule has 0 amide bonds. The Kier molecular flexibility index (Phi) is 2.74. The molecular weight excluding hydrogens is 232 g/mol. The first kappa shape index (κ1) is 12.1. The molecule has 0 fully saturated rings. The third kappa shape index (κ3) is 1.79. The molecule has 1 atom stereocenters. The van der Waals surface area contributed by atoms with E-state index in [-0.39, 0.29) is 5.41 Å². The fourth-order valence-electron chi connectivity index (χ4n) is 3.09. The van der Waals surface area contributed by atoms with Crippen LogP contribution in [0.3, 0.4) is 0 Å². The number of nitrogens with one attached hydrogen (secondary N) is 1. The van der Waals surface area contributed by atoms with Crippen LogP contribution in [0.4, 0.5) is 11.4 Å². The van der Waals surface area contributed by atoms with E-state index >= 15 is 0 Å². The third-order valence-corrected chi connectivity index (χ3v) is 4.44. The van der Waals surface area contributed by atoms with Crippen molar-refractivity contribution < 1.29 is 0 Å². The van der Waals surface area contributed by atoms with Crippen molar-refractivity contribution in [1.82, 2.24) is 0 Å². The van der Waals surface area contributed by atoms with E-state index in [0.29, 0.717) is 0 Å². The summed E-state index contributed by atoms with van der Waals surface area (Å²) >= 11 is 0. The highest BCUT2D eigenvalue weighted by Gasteiger charge is 2.34. The smallest absolute Gasteiger partial charge is 0.0432 e. The van der Waals surface area contributed by atoms with Gasteiger partial charge in [-0.05, 0) is 36.1 Å². The van der Waals surface area contributed by atoms with E-state index in [9.17, 15) is 0 Å². The van der Waals surface area contributed by atoms with E-state index in [4.69, 9.17) is 5.73 Å². The van der Waals surface area contributed by atoms with Gasteiger partial charge in [0.15, 0.2) is 0 Å². The molecule has 0 bridgehead atoms. The fourth-order valence-corrected chi connectivity index (χ4v) is 3.09. The largest absolute Gasteiger partial charge is 0.398 e. The summed E-state index contributed by atoms with van der Waals surface area (Å²) in [7, 11) is 0. The lowest BCUT2D eigenvalue weighted by Gasteiger charge is -2.38. The normalized spacial score (nSPS) is 21.6. The molecule has 2 aromatic rings. The Morgan fingerprint density at radius 2 is 1.84 bits per heavy atom. The van der Waals surface area contributed by atoms with Crippen molar-refractivity contribution in [1.29, 1.82) is 0 Å². The average Bonchev–Trinajstić information content (AvgIpc) is 2.44. The second-order valence-corrected chi connectivity index (χ2v) is 5.58. The maximum absolute atomic E-state index is 6.03. The lowest BCUT2D eigenvalue weighted by Crippen LogP contribution is -2.33. The molecule has 0 aliphatic carbocycles. The Balaban J connectivity index is 2.21. The Bertz CT molecular complexity index is 604. The van der Waals surface area contributed by atoms with Crippen LogP contribution >= 0.6 is 0 Å². The first-order valence-electron chi connectivity index (χ1n) is 6.82. The van der Waals surface area contributed by atoms with Crippen LogP contribution in [0.5, 0.6) is 0 Å². The van der Waals surface area contributed by atoms with Crippen LogP contribution in [0.1, 0.15) is 30.0 Å². The minimum Gasteiger partial charge on any atom is -0.398 e. The van der Waals surface area contributed by atoms with Crippen molar-refractivity contribution in [2.45, 2.75) is 25.7 Å². The van der Waals surface area contributed by atoms with Crippen molar-refractivity contribution in [2.24, 2.45) is 0 Å². The fraction of sp³-hybridized carbons (Fsp3) is 0.294. The molecule has 2 heteroatoms. The average molecular weight is 252 g/mol. The van der Waals surface area contributed by atoms with Crippen molar-refractivity contribution >= 4 is 11.4 Å². The van der Waals surface area contributed by atoms with Gasteiger partial charge in [0.2, 0.25) is 0 Å². The van der Waals surface area contributed by atoms with Crippen LogP contribution in [0, 0.1) is 6.92 Å². The quantitative estimate of drug-likeness (QED) is 0.759. The predicted octanol–water partition coefficient (Wildman–Crippen LogP) is 3.70. The molecule has 0 saturated carbocycles. The van der Waals surface area contributed by atoms with Gasteiger partial charge in [0.05, 0.1) is 0 Å². The minimum atomic E-state index is 0.0697. The molecular formula is C17H20N2. The molecule has 0 spiro atoms. The Labute approximate surface area is 114 Å². The maximum atomic E-state index is 6.03. The second-order valence-electron chi connectivity index (χ2n) is 5.58. The molecule has 3 N–H and O–H groups in total. The summed E-state index contributed by atoms with van der Waals surface area (Å²) in [5, 5.41) is 3.52. The van der Waals surface area contributed by atoms with Crippen molar-refractivity contribution in [3.05, 3.63) is 59.2 Å². The number of nitrogen functional groups attached to an aromatic ring is 1. The van der Waals surface area contributed by atoms with Crippen molar-refractivity contribution in [3.8, 4) is 0 Å². The summed E-state index contributed by atoms with van der Waals surface area (Å²) < 4.78 is 0. The van der Waals surface area contributed by atoms with Crippen LogP contribution in [0.2, 0.25) is 0 Å². The van der Waals surface area contributed by atoms with Crippen LogP contribution in [0.15, 0.2) is 42.5 Å². The van der Waals surface area contributed by atoms with Gasteiger partial charge in [0, 0.05) is 23.3 Å². The summed E-state index contributed by atoms with van der Waals surface area (Å²) in [6.45, 7) is 5.41. The minimum absolute atomic E-state index is 0.0697. The van der Waals surface area contributed by atoms with Gasteiger partial charge in [0.25, 0.3) is 0 Å². The van der Waals surface area contributed by atoms with Gasteiger partial charge >= 0.3 is 0 Å². The SMILES string of the molecule is Cc1c(N)ccc2c1NCCC2(C)c1ccccc1. The Morgan fingerprint density at radius 1 is 1.11 bits per heavy atom. The summed E-state index contributed by atoms with van der Waals surface area (Å²) in [5.74, 6) is 0. The first-order chi connectivity index (χ1) is 9.13. The van der Waals surface area contributed by atoms with Gasteiger partial charge in [0.1, 0.15) is 0 Å². The molecule has 19 heavy (non-hydrogen) atoms. The van der Waals surface area contributed by atoms with Gasteiger partial charge in [-0.25, -0.2) is 0 Å². The summed E-state index contributed by atoms with van der Waals surface area (Å²) in [6, 6.07) is 15.0. The number of anilines is 2. The molecule has 0 saturated heterocycles. The summed E-state index contributed by atoms with van der Waals surface area (Å²) in [5.41, 5.74) is 12.1. The van der Waals surface area contributed by atoms with Crippen LogP contribution < -0.4 is 11.1 Å². The van der Waals surface area contributed by atoms with E-state index in [0.717, 1.165) is 18.7 Å². The highest BCUT2D eigenvalue weighted by atomic mass is 14.9. The molecule has 98 valence electrons. The molecule has 1 heterocycles. The second kappa shape index (κ2) is 4.30. The Morgan fingerprint density at radius 3 is 2.58 bits per heavy atom. The standard InChI is InChI=1S/C17H20N2/c1-12-15(18)9-8-14-16(12)19-11-10-17(14,2)13-6-4-3-5-7-13/h3-9,19H,10-11,18H2,1-2H3. The summed E-state index contributed by atoms with van der Waals surface area (Å²) in [4.78, 5) is 0. The maximum Gasteiger partial charge on any atom is 0.0432 e.